The van der Waals surface area contributed by atoms with Crippen LogP contribution in [0.25, 0.3) is 0 Å². The van der Waals surface area contributed by atoms with Crippen molar-refractivity contribution in [2.45, 2.75) is 25.8 Å². The number of piperidine rings is 1. The number of hydrogen-bond acceptors (Lipinski definition) is 3. The predicted molar refractivity (Wildman–Crippen MR) is 85.5 cm³/mol. The van der Waals surface area contributed by atoms with Gasteiger partial charge in [0.25, 0.3) is 0 Å². The number of anilines is 1. The van der Waals surface area contributed by atoms with Crippen molar-refractivity contribution in [1.82, 2.24) is 10.6 Å². The maximum atomic E-state index is 12.0. The molecule has 1 saturated heterocycles. The van der Waals surface area contributed by atoms with E-state index in [-0.39, 0.29) is 30.1 Å². The third-order valence-corrected chi connectivity index (χ3v) is 3.46. The zero-order valence-electron chi connectivity index (χ0n) is 12.1. The Bertz CT molecular complexity index is 461. The molecule has 0 saturated carbocycles. The average molecular weight is 312 g/mol. The Hall–Kier alpha value is -1.59. The molecule has 0 spiro atoms. The van der Waals surface area contributed by atoms with Crippen LogP contribution in [0.2, 0.25) is 0 Å². The number of amides is 2. The first-order valence-electron chi connectivity index (χ1n) is 7.04. The van der Waals surface area contributed by atoms with Crippen molar-refractivity contribution in [3.63, 3.8) is 0 Å². The highest BCUT2D eigenvalue weighted by molar-refractivity contribution is 5.97. The molecular weight excluding hydrogens is 290 g/mol. The van der Waals surface area contributed by atoms with E-state index in [1.54, 1.807) is 6.92 Å². The molecular formula is C15H22ClN3O2. The number of para-hydroxylation sites is 1. The van der Waals surface area contributed by atoms with E-state index in [1.807, 2.05) is 30.3 Å². The number of carbonyl (C=O) groups excluding carboxylic acids is 2. The van der Waals surface area contributed by atoms with Gasteiger partial charge in [-0.25, -0.2) is 0 Å². The summed E-state index contributed by atoms with van der Waals surface area (Å²) in [6.07, 6.45) is 1.88. The van der Waals surface area contributed by atoms with Crippen LogP contribution in [0.1, 0.15) is 19.8 Å². The molecule has 21 heavy (non-hydrogen) atoms. The fraction of sp³-hybridized carbons (Fsp3) is 0.467. The van der Waals surface area contributed by atoms with E-state index in [4.69, 9.17) is 0 Å². The minimum atomic E-state index is -0.537. The maximum absolute atomic E-state index is 12.0. The van der Waals surface area contributed by atoms with Crippen molar-refractivity contribution >= 4 is 29.9 Å². The van der Waals surface area contributed by atoms with Crippen LogP contribution in [0.15, 0.2) is 30.3 Å². The van der Waals surface area contributed by atoms with E-state index in [9.17, 15) is 9.59 Å². The number of carbonyl (C=O) groups is 2. The second-order valence-corrected chi connectivity index (χ2v) is 5.13. The summed E-state index contributed by atoms with van der Waals surface area (Å²) in [4.78, 5) is 24.0. The van der Waals surface area contributed by atoms with E-state index in [0.717, 1.165) is 25.1 Å². The highest BCUT2D eigenvalue weighted by Gasteiger charge is 2.24. The van der Waals surface area contributed by atoms with Crippen LogP contribution < -0.4 is 16.0 Å². The molecule has 0 radical (unpaired) electrons. The lowest BCUT2D eigenvalue weighted by Gasteiger charge is -2.23. The summed E-state index contributed by atoms with van der Waals surface area (Å²) in [5.74, 6) is -0.281. The molecule has 1 heterocycles. The van der Waals surface area contributed by atoms with Gasteiger partial charge in [-0.1, -0.05) is 18.2 Å². The van der Waals surface area contributed by atoms with Crippen molar-refractivity contribution in [2.75, 3.05) is 18.4 Å². The fourth-order valence-corrected chi connectivity index (χ4v) is 2.24. The van der Waals surface area contributed by atoms with Gasteiger partial charge in [0.1, 0.15) is 6.04 Å². The third kappa shape index (κ3) is 5.36. The zero-order valence-corrected chi connectivity index (χ0v) is 12.9. The number of hydrogen-bond donors (Lipinski definition) is 3. The van der Waals surface area contributed by atoms with Crippen molar-refractivity contribution in [3.05, 3.63) is 30.3 Å². The van der Waals surface area contributed by atoms with E-state index in [2.05, 4.69) is 16.0 Å². The fourth-order valence-electron chi connectivity index (χ4n) is 2.24. The van der Waals surface area contributed by atoms with Crippen LogP contribution >= 0.6 is 12.4 Å². The topological polar surface area (TPSA) is 70.2 Å². The molecule has 6 heteroatoms. The van der Waals surface area contributed by atoms with E-state index in [1.165, 1.54) is 0 Å². The molecule has 5 nitrogen and oxygen atoms in total. The Morgan fingerprint density at radius 1 is 1.29 bits per heavy atom. The van der Waals surface area contributed by atoms with Gasteiger partial charge < -0.3 is 16.0 Å². The normalized spacial score (nSPS) is 19.0. The Morgan fingerprint density at radius 3 is 2.62 bits per heavy atom. The van der Waals surface area contributed by atoms with Gasteiger partial charge >= 0.3 is 0 Å². The van der Waals surface area contributed by atoms with E-state index >= 15 is 0 Å². The smallest absolute Gasteiger partial charge is 0.246 e. The largest absolute Gasteiger partial charge is 0.344 e. The summed E-state index contributed by atoms with van der Waals surface area (Å²) < 4.78 is 0. The van der Waals surface area contributed by atoms with Gasteiger partial charge in [0.15, 0.2) is 0 Å². The Morgan fingerprint density at radius 2 is 2.00 bits per heavy atom. The maximum Gasteiger partial charge on any atom is 0.246 e. The number of benzene rings is 1. The first kappa shape index (κ1) is 17.5. The number of nitrogens with one attached hydrogen (secondary N) is 3. The molecule has 0 aliphatic carbocycles. The molecule has 0 bridgehead atoms. The van der Waals surface area contributed by atoms with Gasteiger partial charge in [-0.05, 0) is 38.4 Å². The summed E-state index contributed by atoms with van der Waals surface area (Å²) in [6, 6.07) is 8.69. The summed E-state index contributed by atoms with van der Waals surface area (Å²) >= 11 is 0. The second kappa shape index (κ2) is 8.64. The number of rotatable bonds is 4. The highest BCUT2D eigenvalue weighted by atomic mass is 35.5. The standard InChI is InChI=1S/C15H21N3O2.ClH/c1-11(14(19)18-13-7-3-2-4-8-13)17-15(20)12-6-5-9-16-10-12;/h2-4,7-8,11-12,16H,5-6,9-10H2,1H3,(H,17,20)(H,18,19);1H. The second-order valence-electron chi connectivity index (χ2n) is 5.13. The van der Waals surface area contributed by atoms with Crippen molar-refractivity contribution in [1.29, 1.82) is 0 Å². The minimum Gasteiger partial charge on any atom is -0.344 e. The summed E-state index contributed by atoms with van der Waals surface area (Å²) in [6.45, 7) is 3.36. The Labute approximate surface area is 131 Å². The molecule has 116 valence electrons. The van der Waals surface area contributed by atoms with Crippen LogP contribution in [-0.4, -0.2) is 30.9 Å². The molecule has 3 N–H and O–H groups in total. The SMILES string of the molecule is CC(NC(=O)C1CCCNC1)C(=O)Nc1ccccc1.Cl. The van der Waals surface area contributed by atoms with E-state index in [0.29, 0.717) is 6.54 Å². The molecule has 2 unspecified atom stereocenters. The van der Waals surface area contributed by atoms with Crippen LogP contribution in [0.5, 0.6) is 0 Å². The van der Waals surface area contributed by atoms with Gasteiger partial charge in [-0.15, -0.1) is 12.4 Å². The highest BCUT2D eigenvalue weighted by Crippen LogP contribution is 2.10. The lowest BCUT2D eigenvalue weighted by molar-refractivity contribution is -0.129. The molecule has 1 fully saturated rings. The first-order chi connectivity index (χ1) is 9.66. The van der Waals surface area contributed by atoms with Gasteiger partial charge in [-0.2, -0.15) is 0 Å². The quantitative estimate of drug-likeness (QED) is 0.790. The first-order valence-corrected chi connectivity index (χ1v) is 7.04. The predicted octanol–water partition coefficient (Wildman–Crippen LogP) is 1.55. The zero-order chi connectivity index (χ0) is 14.4. The van der Waals surface area contributed by atoms with E-state index < -0.39 is 6.04 Å². The molecule has 1 aromatic rings. The lowest BCUT2D eigenvalue weighted by atomic mass is 9.98. The molecule has 1 aromatic carbocycles. The minimum absolute atomic E-state index is 0. The van der Waals surface area contributed by atoms with Crippen LogP contribution in [-0.2, 0) is 9.59 Å². The number of halogens is 1. The molecule has 2 atom stereocenters. The van der Waals surface area contributed by atoms with Crippen molar-refractivity contribution in [2.24, 2.45) is 5.92 Å². The van der Waals surface area contributed by atoms with Crippen molar-refractivity contribution < 1.29 is 9.59 Å². The van der Waals surface area contributed by atoms with Gasteiger partial charge in [0.2, 0.25) is 11.8 Å². The van der Waals surface area contributed by atoms with Crippen LogP contribution in [0.4, 0.5) is 5.69 Å². The Kier molecular flexibility index (Phi) is 7.19. The van der Waals surface area contributed by atoms with Crippen LogP contribution in [0, 0.1) is 5.92 Å². The Balaban J connectivity index is 0.00000220. The average Bonchev–Trinajstić information content (AvgIpc) is 2.49. The van der Waals surface area contributed by atoms with Crippen LogP contribution in [0.3, 0.4) is 0 Å². The molecule has 2 amide bonds. The molecule has 0 aromatic heterocycles. The summed E-state index contributed by atoms with van der Waals surface area (Å²) in [7, 11) is 0. The van der Waals surface area contributed by atoms with Crippen molar-refractivity contribution in [3.8, 4) is 0 Å². The third-order valence-electron chi connectivity index (χ3n) is 3.46. The molecule has 2 rings (SSSR count). The molecule has 1 aliphatic rings. The molecule has 1 aliphatic heterocycles. The summed E-state index contributed by atoms with van der Waals surface area (Å²) in [5, 5.41) is 8.76. The van der Waals surface area contributed by atoms with Gasteiger partial charge in [0, 0.05) is 12.2 Å². The monoisotopic (exact) mass is 311 g/mol. The van der Waals surface area contributed by atoms with Gasteiger partial charge in [0.05, 0.1) is 5.92 Å². The van der Waals surface area contributed by atoms with Gasteiger partial charge in [-0.3, -0.25) is 9.59 Å². The summed E-state index contributed by atoms with van der Waals surface area (Å²) in [5.41, 5.74) is 0.734. The lowest BCUT2D eigenvalue weighted by Crippen LogP contribution is -2.47.